The molecule has 1 aromatic heterocycles. The highest BCUT2D eigenvalue weighted by atomic mass is 19.4. The van der Waals surface area contributed by atoms with Crippen LogP contribution in [0.2, 0.25) is 0 Å². The second-order valence-electron chi connectivity index (χ2n) is 10.7. The first kappa shape index (κ1) is 28.2. The standard InChI is InChI=1S/C29H32F5N3O3/c1-19(2)35-12-8-22(9-13-35)39-23-6-7-25-20(16-23)17-26(27(38)36-14-10-28(30,31)11-15-36)37(25)21-4-3-5-24(18-21)40-29(32,33)34/h3-7,16-19,22H,8-15H2,1-2H3. The first-order chi connectivity index (χ1) is 18.9. The van der Waals surface area contributed by atoms with Crippen LogP contribution in [0.5, 0.6) is 11.5 Å². The van der Waals surface area contributed by atoms with Crippen LogP contribution >= 0.6 is 0 Å². The molecule has 0 spiro atoms. The molecule has 3 aromatic rings. The third kappa shape index (κ3) is 6.35. The van der Waals surface area contributed by atoms with Gasteiger partial charge in [0.15, 0.2) is 0 Å². The molecule has 2 fully saturated rings. The summed E-state index contributed by atoms with van der Waals surface area (Å²) in [5.41, 5.74) is 1.00. The molecule has 0 radical (unpaired) electrons. The topological polar surface area (TPSA) is 46.9 Å². The number of nitrogens with zero attached hydrogens (tertiary/aromatic N) is 3. The molecule has 2 aromatic carbocycles. The Morgan fingerprint density at radius 1 is 0.950 bits per heavy atom. The molecule has 3 heterocycles. The highest BCUT2D eigenvalue weighted by molar-refractivity contribution is 6.00. The number of likely N-dealkylation sites (tertiary alicyclic amines) is 2. The monoisotopic (exact) mass is 565 g/mol. The molecule has 0 saturated carbocycles. The number of halogens is 5. The molecule has 0 N–H and O–H groups in total. The number of ether oxygens (including phenoxy) is 2. The van der Waals surface area contributed by atoms with E-state index in [4.69, 9.17) is 4.74 Å². The number of fused-ring (bicyclic) bond motifs is 1. The fourth-order valence-corrected chi connectivity index (χ4v) is 5.42. The van der Waals surface area contributed by atoms with E-state index in [-0.39, 0.29) is 30.6 Å². The average molecular weight is 566 g/mol. The van der Waals surface area contributed by atoms with Crippen molar-refractivity contribution in [1.29, 1.82) is 0 Å². The fourth-order valence-electron chi connectivity index (χ4n) is 5.42. The number of amides is 1. The van der Waals surface area contributed by atoms with Crippen LogP contribution in [-0.2, 0) is 0 Å². The van der Waals surface area contributed by atoms with E-state index in [0.717, 1.165) is 25.9 Å². The Labute approximate surface area is 229 Å². The van der Waals surface area contributed by atoms with E-state index < -0.39 is 36.8 Å². The summed E-state index contributed by atoms with van der Waals surface area (Å²) in [5.74, 6) is -3.11. The number of rotatable bonds is 6. The molecule has 2 saturated heterocycles. The molecule has 0 bridgehead atoms. The SMILES string of the molecule is CC(C)N1CCC(Oc2ccc3c(c2)cc(C(=O)N2CCC(F)(F)CC2)n3-c2cccc(OC(F)(F)F)c2)CC1. The highest BCUT2D eigenvalue weighted by Crippen LogP contribution is 2.34. The molecular formula is C29H32F5N3O3. The zero-order valence-corrected chi connectivity index (χ0v) is 22.4. The second kappa shape index (κ2) is 10.9. The fraction of sp³-hybridized carbons (Fsp3) is 0.483. The molecular weight excluding hydrogens is 533 g/mol. The van der Waals surface area contributed by atoms with E-state index in [1.165, 1.54) is 23.1 Å². The van der Waals surface area contributed by atoms with Gasteiger partial charge in [-0.2, -0.15) is 0 Å². The van der Waals surface area contributed by atoms with Gasteiger partial charge in [-0.1, -0.05) is 6.07 Å². The maximum absolute atomic E-state index is 13.8. The van der Waals surface area contributed by atoms with Crippen LogP contribution in [0, 0.1) is 0 Å². The Bertz CT molecular complexity index is 1350. The predicted octanol–water partition coefficient (Wildman–Crippen LogP) is 6.65. The molecule has 0 unspecified atom stereocenters. The lowest BCUT2D eigenvalue weighted by molar-refractivity contribution is -0.274. The lowest BCUT2D eigenvalue weighted by atomic mass is 10.1. The number of carbonyl (C=O) groups is 1. The first-order valence-corrected chi connectivity index (χ1v) is 13.5. The van der Waals surface area contributed by atoms with Crippen molar-refractivity contribution in [2.24, 2.45) is 0 Å². The second-order valence-corrected chi connectivity index (χ2v) is 10.7. The summed E-state index contributed by atoms with van der Waals surface area (Å²) in [6.45, 7) is 5.97. The van der Waals surface area contributed by atoms with Crippen molar-refractivity contribution in [3.05, 3.63) is 54.2 Å². The molecule has 2 aliphatic rings. The van der Waals surface area contributed by atoms with Gasteiger partial charge in [-0.05, 0) is 63.1 Å². The summed E-state index contributed by atoms with van der Waals surface area (Å²) in [5, 5.41) is 0.643. The van der Waals surface area contributed by atoms with Crippen LogP contribution in [0.4, 0.5) is 22.0 Å². The lowest BCUT2D eigenvalue weighted by Gasteiger charge is -2.34. The van der Waals surface area contributed by atoms with E-state index in [0.29, 0.717) is 22.7 Å². The van der Waals surface area contributed by atoms with E-state index in [1.807, 2.05) is 0 Å². The molecule has 40 heavy (non-hydrogen) atoms. The van der Waals surface area contributed by atoms with Gasteiger partial charge < -0.3 is 23.8 Å². The highest BCUT2D eigenvalue weighted by Gasteiger charge is 2.37. The normalized spacial score (nSPS) is 18.9. The van der Waals surface area contributed by atoms with Crippen LogP contribution in [-0.4, -0.2) is 70.9 Å². The van der Waals surface area contributed by atoms with Crippen molar-refractivity contribution in [2.75, 3.05) is 26.2 Å². The quantitative estimate of drug-likeness (QED) is 0.314. The molecule has 0 atom stereocenters. The van der Waals surface area contributed by atoms with Gasteiger partial charge in [0.05, 0.1) is 11.2 Å². The van der Waals surface area contributed by atoms with E-state index in [9.17, 15) is 26.7 Å². The molecule has 6 nitrogen and oxygen atoms in total. The number of hydrogen-bond donors (Lipinski definition) is 0. The molecule has 5 rings (SSSR count). The summed E-state index contributed by atoms with van der Waals surface area (Å²) in [7, 11) is 0. The van der Waals surface area contributed by atoms with Gasteiger partial charge >= 0.3 is 6.36 Å². The number of benzene rings is 2. The van der Waals surface area contributed by atoms with E-state index >= 15 is 0 Å². The number of aromatic nitrogens is 1. The Balaban J connectivity index is 1.48. The Hall–Kier alpha value is -3.34. The Morgan fingerprint density at radius 3 is 2.30 bits per heavy atom. The van der Waals surface area contributed by atoms with Gasteiger partial charge in [-0.3, -0.25) is 4.79 Å². The zero-order valence-electron chi connectivity index (χ0n) is 22.4. The van der Waals surface area contributed by atoms with E-state index in [2.05, 4.69) is 23.5 Å². The average Bonchev–Trinajstić information content (AvgIpc) is 3.26. The van der Waals surface area contributed by atoms with Crippen molar-refractivity contribution >= 4 is 16.8 Å². The molecule has 11 heteroatoms. The summed E-state index contributed by atoms with van der Waals surface area (Å²) < 4.78 is 78.2. The molecule has 216 valence electrons. The van der Waals surface area contributed by atoms with Crippen LogP contribution < -0.4 is 9.47 Å². The van der Waals surface area contributed by atoms with Gasteiger partial charge in [0.1, 0.15) is 23.3 Å². The van der Waals surface area contributed by atoms with Gasteiger partial charge in [0.2, 0.25) is 0 Å². The Kier molecular flexibility index (Phi) is 7.69. The largest absolute Gasteiger partial charge is 0.573 e. The minimum Gasteiger partial charge on any atom is -0.490 e. The van der Waals surface area contributed by atoms with Crippen LogP contribution in [0.1, 0.15) is 50.0 Å². The van der Waals surface area contributed by atoms with Gasteiger partial charge in [0.25, 0.3) is 11.8 Å². The number of alkyl halides is 5. The summed E-state index contributed by atoms with van der Waals surface area (Å²) in [6, 6.07) is 12.8. The van der Waals surface area contributed by atoms with Crippen LogP contribution in [0.15, 0.2) is 48.5 Å². The summed E-state index contributed by atoms with van der Waals surface area (Å²) >= 11 is 0. The summed E-state index contributed by atoms with van der Waals surface area (Å²) in [6.07, 6.45) is -3.96. The summed E-state index contributed by atoms with van der Waals surface area (Å²) in [4.78, 5) is 17.3. The number of piperidine rings is 2. The smallest absolute Gasteiger partial charge is 0.490 e. The molecule has 2 aliphatic heterocycles. The predicted molar refractivity (Wildman–Crippen MR) is 140 cm³/mol. The van der Waals surface area contributed by atoms with Crippen molar-refractivity contribution in [1.82, 2.24) is 14.4 Å². The Morgan fingerprint density at radius 2 is 1.65 bits per heavy atom. The van der Waals surface area contributed by atoms with Gasteiger partial charge in [0, 0.05) is 56.5 Å². The third-order valence-electron chi connectivity index (χ3n) is 7.59. The minimum atomic E-state index is -4.88. The van der Waals surface area contributed by atoms with Crippen molar-refractivity contribution < 1.29 is 36.2 Å². The van der Waals surface area contributed by atoms with Crippen molar-refractivity contribution in [3.8, 4) is 17.2 Å². The number of hydrogen-bond acceptors (Lipinski definition) is 4. The van der Waals surface area contributed by atoms with Crippen LogP contribution in [0.25, 0.3) is 16.6 Å². The van der Waals surface area contributed by atoms with Gasteiger partial charge in [-0.15, -0.1) is 13.2 Å². The number of carbonyl (C=O) groups excluding carboxylic acids is 1. The van der Waals surface area contributed by atoms with Crippen LogP contribution in [0.3, 0.4) is 0 Å². The van der Waals surface area contributed by atoms with E-state index in [1.54, 1.807) is 34.9 Å². The van der Waals surface area contributed by atoms with Crippen molar-refractivity contribution in [2.45, 2.75) is 64.0 Å². The van der Waals surface area contributed by atoms with Crippen molar-refractivity contribution in [3.63, 3.8) is 0 Å². The first-order valence-electron chi connectivity index (χ1n) is 13.5. The zero-order chi connectivity index (χ0) is 28.7. The van der Waals surface area contributed by atoms with Gasteiger partial charge in [-0.25, -0.2) is 8.78 Å². The third-order valence-corrected chi connectivity index (χ3v) is 7.59. The molecule has 0 aliphatic carbocycles. The maximum Gasteiger partial charge on any atom is 0.573 e. The lowest BCUT2D eigenvalue weighted by Crippen LogP contribution is -2.43. The molecule has 1 amide bonds. The maximum atomic E-state index is 13.8. The minimum absolute atomic E-state index is 0.0434.